The first-order chi connectivity index (χ1) is 6.27. The molecule has 0 saturated carbocycles. The summed E-state index contributed by atoms with van der Waals surface area (Å²) >= 11 is 0. The summed E-state index contributed by atoms with van der Waals surface area (Å²) in [6, 6.07) is 0. The molecule has 0 bridgehead atoms. The lowest BCUT2D eigenvalue weighted by Gasteiger charge is -2.31. The van der Waals surface area contributed by atoms with E-state index < -0.39 is 0 Å². The number of ether oxygens (including phenoxy) is 1. The lowest BCUT2D eigenvalue weighted by atomic mass is 9.81. The molecule has 13 heavy (non-hydrogen) atoms. The molecule has 2 aliphatic rings. The molecule has 2 heteroatoms. The Bertz CT molecular complexity index is 206. The van der Waals surface area contributed by atoms with E-state index in [-0.39, 0.29) is 0 Å². The Morgan fingerprint density at radius 2 is 2.38 bits per heavy atom. The summed E-state index contributed by atoms with van der Waals surface area (Å²) in [5.41, 5.74) is 1.54. The maximum Gasteiger partial charge on any atom is 0.111 e. The average molecular weight is 181 g/mol. The van der Waals surface area contributed by atoms with Crippen molar-refractivity contribution in [3.05, 3.63) is 11.6 Å². The van der Waals surface area contributed by atoms with E-state index in [1.54, 1.807) is 5.57 Å². The van der Waals surface area contributed by atoms with E-state index in [2.05, 4.69) is 25.2 Å². The highest BCUT2D eigenvalue weighted by molar-refractivity contribution is 5.07. The van der Waals surface area contributed by atoms with Gasteiger partial charge < -0.3 is 4.74 Å². The second-order valence-electron chi connectivity index (χ2n) is 4.32. The van der Waals surface area contributed by atoms with Gasteiger partial charge in [0.25, 0.3) is 0 Å². The fraction of sp³-hybridized carbons (Fsp3) is 0.818. The molecule has 0 radical (unpaired) electrons. The lowest BCUT2D eigenvalue weighted by molar-refractivity contribution is 0.0321. The third-order valence-electron chi connectivity index (χ3n) is 3.23. The van der Waals surface area contributed by atoms with Gasteiger partial charge in [0.2, 0.25) is 0 Å². The summed E-state index contributed by atoms with van der Waals surface area (Å²) in [5.74, 6) is 1.36. The van der Waals surface area contributed by atoms with Gasteiger partial charge in [-0.05, 0) is 25.7 Å². The van der Waals surface area contributed by atoms with Crippen molar-refractivity contribution in [1.29, 1.82) is 0 Å². The average Bonchev–Trinajstić information content (AvgIpc) is 2.56. The Morgan fingerprint density at radius 1 is 1.54 bits per heavy atom. The lowest BCUT2D eigenvalue weighted by Crippen LogP contribution is -2.36. The molecule has 0 spiro atoms. The summed E-state index contributed by atoms with van der Waals surface area (Å²) in [5, 5.41) is 3.42. The molecule has 0 aromatic heterocycles. The van der Waals surface area contributed by atoms with Crippen LogP contribution in [-0.4, -0.2) is 19.4 Å². The molecule has 0 aromatic rings. The molecule has 2 nitrogen and oxygen atoms in total. The minimum Gasteiger partial charge on any atom is -0.362 e. The fourth-order valence-electron chi connectivity index (χ4n) is 2.46. The van der Waals surface area contributed by atoms with E-state index in [0.717, 1.165) is 13.2 Å². The molecular formula is C11H19NO. The Morgan fingerprint density at radius 3 is 3.00 bits per heavy atom. The molecule has 1 saturated heterocycles. The summed E-state index contributed by atoms with van der Waals surface area (Å²) in [6.07, 6.45) is 5.24. The van der Waals surface area contributed by atoms with Gasteiger partial charge in [-0.15, -0.1) is 0 Å². The maximum atomic E-state index is 5.66. The molecule has 1 fully saturated rings. The van der Waals surface area contributed by atoms with Crippen molar-refractivity contribution < 1.29 is 4.74 Å². The zero-order chi connectivity index (χ0) is 9.26. The molecule has 3 atom stereocenters. The van der Waals surface area contributed by atoms with Crippen LogP contribution < -0.4 is 5.32 Å². The van der Waals surface area contributed by atoms with Crippen LogP contribution in [0.1, 0.15) is 26.7 Å². The van der Waals surface area contributed by atoms with Gasteiger partial charge in [-0.3, -0.25) is 5.32 Å². The predicted molar refractivity (Wildman–Crippen MR) is 53.4 cm³/mol. The van der Waals surface area contributed by atoms with Crippen LogP contribution in [0.3, 0.4) is 0 Å². The van der Waals surface area contributed by atoms with Crippen LogP contribution in [0.15, 0.2) is 11.6 Å². The van der Waals surface area contributed by atoms with Crippen molar-refractivity contribution in [1.82, 2.24) is 5.32 Å². The van der Waals surface area contributed by atoms with E-state index in [4.69, 9.17) is 4.74 Å². The van der Waals surface area contributed by atoms with Crippen molar-refractivity contribution in [3.63, 3.8) is 0 Å². The second kappa shape index (κ2) is 3.81. The topological polar surface area (TPSA) is 21.3 Å². The molecule has 0 aromatic carbocycles. The van der Waals surface area contributed by atoms with Crippen molar-refractivity contribution in [2.75, 3.05) is 13.2 Å². The predicted octanol–water partition coefficient (Wildman–Crippen LogP) is 1.92. The fourth-order valence-corrected chi connectivity index (χ4v) is 2.46. The molecule has 1 N–H and O–H groups in total. The molecular weight excluding hydrogens is 162 g/mol. The first kappa shape index (κ1) is 9.22. The molecule has 0 amide bonds. The first-order valence-electron chi connectivity index (χ1n) is 5.29. The molecule has 1 aliphatic carbocycles. The molecule has 74 valence electrons. The van der Waals surface area contributed by atoms with Crippen LogP contribution in [0, 0.1) is 11.8 Å². The van der Waals surface area contributed by atoms with Crippen LogP contribution in [-0.2, 0) is 4.74 Å². The Balaban J connectivity index is 2.00. The summed E-state index contributed by atoms with van der Waals surface area (Å²) in [4.78, 5) is 0. The van der Waals surface area contributed by atoms with Crippen LogP contribution in [0.2, 0.25) is 0 Å². The third-order valence-corrected chi connectivity index (χ3v) is 3.23. The number of hydrogen-bond donors (Lipinski definition) is 1. The Hall–Kier alpha value is -0.340. The third kappa shape index (κ3) is 1.94. The molecule has 2 rings (SSSR count). The van der Waals surface area contributed by atoms with Gasteiger partial charge in [0.05, 0.1) is 6.61 Å². The van der Waals surface area contributed by atoms with Gasteiger partial charge in [0.15, 0.2) is 0 Å². The van der Waals surface area contributed by atoms with Crippen molar-refractivity contribution >= 4 is 0 Å². The van der Waals surface area contributed by atoms with Gasteiger partial charge in [0, 0.05) is 12.5 Å². The van der Waals surface area contributed by atoms with Gasteiger partial charge >= 0.3 is 0 Å². The molecule has 1 heterocycles. The van der Waals surface area contributed by atoms with Gasteiger partial charge in [-0.2, -0.15) is 0 Å². The zero-order valence-corrected chi connectivity index (χ0v) is 8.55. The quantitative estimate of drug-likeness (QED) is 0.624. The highest BCUT2D eigenvalue weighted by atomic mass is 16.5. The van der Waals surface area contributed by atoms with Crippen molar-refractivity contribution in [2.24, 2.45) is 11.8 Å². The normalized spacial score (nSPS) is 40.5. The van der Waals surface area contributed by atoms with E-state index in [0.29, 0.717) is 18.1 Å². The number of allylic oxidation sites excluding steroid dienone is 2. The SMILES string of the molecule is CC1=CC(C)C(C2NCCO2)CC1. The Kier molecular flexibility index (Phi) is 2.70. The Labute approximate surface area is 80.4 Å². The van der Waals surface area contributed by atoms with E-state index in [1.807, 2.05) is 0 Å². The van der Waals surface area contributed by atoms with E-state index in [1.165, 1.54) is 12.8 Å². The number of hydrogen-bond acceptors (Lipinski definition) is 2. The zero-order valence-electron chi connectivity index (χ0n) is 8.55. The highest BCUT2D eigenvalue weighted by Gasteiger charge is 2.30. The summed E-state index contributed by atoms with van der Waals surface area (Å²) in [7, 11) is 0. The standard InChI is InChI=1S/C11H19NO/c1-8-3-4-10(9(2)7-8)11-12-5-6-13-11/h7,9-12H,3-6H2,1-2H3. The van der Waals surface area contributed by atoms with Crippen LogP contribution in [0.5, 0.6) is 0 Å². The highest BCUT2D eigenvalue weighted by Crippen LogP contribution is 2.31. The summed E-state index contributed by atoms with van der Waals surface area (Å²) in [6.45, 7) is 6.44. The number of nitrogens with one attached hydrogen (secondary N) is 1. The smallest absolute Gasteiger partial charge is 0.111 e. The molecule has 3 unspecified atom stereocenters. The van der Waals surface area contributed by atoms with Crippen LogP contribution >= 0.6 is 0 Å². The first-order valence-corrected chi connectivity index (χ1v) is 5.29. The van der Waals surface area contributed by atoms with Gasteiger partial charge in [-0.1, -0.05) is 18.6 Å². The minimum atomic E-state index is 0.319. The second-order valence-corrected chi connectivity index (χ2v) is 4.32. The summed E-state index contributed by atoms with van der Waals surface area (Å²) < 4.78 is 5.66. The number of rotatable bonds is 1. The largest absolute Gasteiger partial charge is 0.362 e. The monoisotopic (exact) mass is 181 g/mol. The minimum absolute atomic E-state index is 0.319. The van der Waals surface area contributed by atoms with Crippen LogP contribution in [0.4, 0.5) is 0 Å². The van der Waals surface area contributed by atoms with Gasteiger partial charge in [0.1, 0.15) is 6.23 Å². The van der Waals surface area contributed by atoms with Crippen molar-refractivity contribution in [3.8, 4) is 0 Å². The maximum absolute atomic E-state index is 5.66. The van der Waals surface area contributed by atoms with E-state index >= 15 is 0 Å². The van der Waals surface area contributed by atoms with E-state index in [9.17, 15) is 0 Å². The van der Waals surface area contributed by atoms with Gasteiger partial charge in [-0.25, -0.2) is 0 Å². The van der Waals surface area contributed by atoms with Crippen LogP contribution in [0.25, 0.3) is 0 Å². The molecule has 1 aliphatic heterocycles. The van der Waals surface area contributed by atoms with Crippen molar-refractivity contribution in [2.45, 2.75) is 32.9 Å².